The minimum absolute atomic E-state index is 0.00660. The van der Waals surface area contributed by atoms with Crippen LogP contribution in [0.3, 0.4) is 0 Å². The molecular weight excluding hydrogens is 439 g/mol. The second-order valence-corrected chi connectivity index (χ2v) is 10.3. The number of amidine groups is 1. The third-order valence-electron chi connectivity index (χ3n) is 5.31. The van der Waals surface area contributed by atoms with Crippen LogP contribution in [-0.4, -0.2) is 28.1 Å². The highest BCUT2D eigenvalue weighted by Crippen LogP contribution is 2.40. The predicted octanol–water partition coefficient (Wildman–Crippen LogP) is 4.93. The predicted molar refractivity (Wildman–Crippen MR) is 128 cm³/mol. The molecule has 0 bridgehead atoms. The zero-order chi connectivity index (χ0) is 25.4. The second-order valence-electron chi connectivity index (χ2n) is 10.3. The van der Waals surface area contributed by atoms with Gasteiger partial charge in [-0.2, -0.15) is 4.99 Å². The van der Waals surface area contributed by atoms with Gasteiger partial charge in [0.1, 0.15) is 11.6 Å². The van der Waals surface area contributed by atoms with E-state index in [1.807, 2.05) is 53.7 Å². The Morgan fingerprint density at radius 3 is 2.18 bits per heavy atom. The molecule has 1 heterocycles. The monoisotopic (exact) mass is 468 g/mol. The number of amides is 1. The topological polar surface area (TPSA) is 108 Å². The molecule has 180 valence electrons. The number of carbonyl (C=O) groups is 2. The summed E-state index contributed by atoms with van der Waals surface area (Å²) in [7, 11) is 0. The number of carboxylic acid groups (broad SMARTS) is 1. The number of benzene rings is 2. The zero-order valence-electron chi connectivity index (χ0n) is 20.1. The molecule has 7 nitrogen and oxygen atoms in total. The van der Waals surface area contributed by atoms with Crippen molar-refractivity contribution in [2.75, 3.05) is 0 Å². The highest BCUT2D eigenvalue weighted by atomic mass is 19.1. The number of phenols is 1. The van der Waals surface area contributed by atoms with Gasteiger partial charge in [0.15, 0.2) is 5.76 Å². The highest BCUT2D eigenvalue weighted by Gasteiger charge is 2.28. The normalized spacial score (nSPS) is 16.6. The summed E-state index contributed by atoms with van der Waals surface area (Å²) in [5, 5.41) is 22.2. The minimum Gasteiger partial charge on any atom is -0.507 e. The van der Waals surface area contributed by atoms with E-state index in [-0.39, 0.29) is 39.6 Å². The van der Waals surface area contributed by atoms with Crippen LogP contribution < -0.4 is 5.32 Å². The molecule has 0 saturated carbocycles. The van der Waals surface area contributed by atoms with Crippen molar-refractivity contribution in [1.29, 1.82) is 0 Å². The number of phenolic OH excluding ortho intramolecular Hbond substituents is 1. The fraction of sp³-hybridized carbons (Fsp3) is 0.346. The van der Waals surface area contributed by atoms with Crippen molar-refractivity contribution in [3.05, 3.63) is 64.2 Å². The zero-order valence-corrected chi connectivity index (χ0v) is 20.1. The maximum atomic E-state index is 14.1. The van der Waals surface area contributed by atoms with Crippen molar-refractivity contribution in [2.45, 2.75) is 58.8 Å². The summed E-state index contributed by atoms with van der Waals surface area (Å²) < 4.78 is 19.7. The van der Waals surface area contributed by atoms with E-state index in [9.17, 15) is 19.1 Å². The Kier molecular flexibility index (Phi) is 6.55. The van der Waals surface area contributed by atoms with E-state index in [1.54, 1.807) is 6.08 Å². The van der Waals surface area contributed by atoms with Crippen LogP contribution in [0.4, 0.5) is 10.1 Å². The summed E-state index contributed by atoms with van der Waals surface area (Å²) in [6.07, 6.45) is 1.13. The lowest BCUT2D eigenvalue weighted by atomic mass is 9.78. The van der Waals surface area contributed by atoms with Gasteiger partial charge in [-0.1, -0.05) is 47.6 Å². The quantitative estimate of drug-likeness (QED) is 0.552. The van der Waals surface area contributed by atoms with Crippen molar-refractivity contribution >= 4 is 29.7 Å². The highest BCUT2D eigenvalue weighted by molar-refractivity contribution is 6.11. The Morgan fingerprint density at radius 1 is 1.09 bits per heavy atom. The fourth-order valence-electron chi connectivity index (χ4n) is 3.54. The molecule has 0 aromatic heterocycles. The van der Waals surface area contributed by atoms with Gasteiger partial charge in [0, 0.05) is 11.1 Å². The SMILES string of the molecule is CC(C)(C)c1cc(C=C2OC(=Nc3ccc(CC(=O)O)c(F)c3)NC2=O)cc(C(C)(C)C)c1O. The molecule has 1 aliphatic heterocycles. The first-order valence-corrected chi connectivity index (χ1v) is 10.8. The Hall–Kier alpha value is -3.68. The van der Waals surface area contributed by atoms with Crippen LogP contribution in [0.2, 0.25) is 0 Å². The molecule has 0 atom stereocenters. The molecular formula is C26H29FN2O5. The van der Waals surface area contributed by atoms with E-state index in [1.165, 1.54) is 12.1 Å². The van der Waals surface area contributed by atoms with Crippen LogP contribution in [0, 0.1) is 5.82 Å². The molecule has 2 aromatic rings. The summed E-state index contributed by atoms with van der Waals surface area (Å²) in [5.41, 5.74) is 1.71. The third-order valence-corrected chi connectivity index (χ3v) is 5.31. The maximum Gasteiger partial charge on any atom is 0.307 e. The summed E-state index contributed by atoms with van der Waals surface area (Å²) in [6.45, 7) is 12.0. The molecule has 1 aliphatic rings. The van der Waals surface area contributed by atoms with E-state index >= 15 is 0 Å². The van der Waals surface area contributed by atoms with Gasteiger partial charge in [-0.15, -0.1) is 0 Å². The van der Waals surface area contributed by atoms with E-state index in [0.29, 0.717) is 5.56 Å². The first-order valence-electron chi connectivity index (χ1n) is 10.8. The average Bonchev–Trinajstić information content (AvgIpc) is 3.02. The lowest BCUT2D eigenvalue weighted by Crippen LogP contribution is -2.20. The van der Waals surface area contributed by atoms with Gasteiger partial charge in [0.05, 0.1) is 12.1 Å². The molecule has 0 spiro atoms. The first kappa shape index (κ1) is 25.0. The number of carboxylic acids is 1. The van der Waals surface area contributed by atoms with Crippen LogP contribution >= 0.6 is 0 Å². The molecule has 3 rings (SSSR count). The molecule has 0 unspecified atom stereocenters. The van der Waals surface area contributed by atoms with Gasteiger partial charge >= 0.3 is 12.0 Å². The first-order chi connectivity index (χ1) is 15.6. The lowest BCUT2D eigenvalue weighted by Gasteiger charge is -2.27. The van der Waals surface area contributed by atoms with Crippen molar-refractivity contribution < 1.29 is 28.9 Å². The average molecular weight is 469 g/mol. The molecule has 2 aromatic carbocycles. The van der Waals surface area contributed by atoms with Crippen molar-refractivity contribution in [1.82, 2.24) is 5.32 Å². The van der Waals surface area contributed by atoms with Crippen LogP contribution in [0.5, 0.6) is 5.75 Å². The van der Waals surface area contributed by atoms with Crippen LogP contribution in [-0.2, 0) is 31.6 Å². The van der Waals surface area contributed by atoms with Gasteiger partial charge < -0.3 is 14.9 Å². The molecule has 1 saturated heterocycles. The van der Waals surface area contributed by atoms with Crippen molar-refractivity contribution in [3.8, 4) is 5.75 Å². The number of hydrogen-bond donors (Lipinski definition) is 3. The number of rotatable bonds is 4. The van der Waals surface area contributed by atoms with E-state index in [2.05, 4.69) is 10.3 Å². The van der Waals surface area contributed by atoms with Crippen molar-refractivity contribution in [3.63, 3.8) is 0 Å². The van der Waals surface area contributed by atoms with E-state index in [4.69, 9.17) is 9.84 Å². The van der Waals surface area contributed by atoms with Crippen LogP contribution in [0.25, 0.3) is 6.08 Å². The molecule has 3 N–H and O–H groups in total. The van der Waals surface area contributed by atoms with E-state index in [0.717, 1.165) is 17.2 Å². The molecule has 0 radical (unpaired) electrons. The summed E-state index contributed by atoms with van der Waals surface area (Å²) in [5.74, 6) is -2.12. The standard InChI is InChI=1S/C26H29FN2O5/c1-25(2,3)17-9-14(10-18(22(17)32)26(4,5)6)11-20-23(33)29-24(34-20)28-16-8-7-15(12-21(30)31)19(27)13-16/h7-11,13,32H,12H2,1-6H3,(H,30,31)(H,28,29,33). The maximum absolute atomic E-state index is 14.1. The van der Waals surface area contributed by atoms with Gasteiger partial charge in [-0.25, -0.2) is 4.39 Å². The number of nitrogens with zero attached hydrogens (tertiary/aromatic N) is 1. The van der Waals surface area contributed by atoms with E-state index < -0.39 is 24.1 Å². The number of aromatic hydroxyl groups is 1. The smallest absolute Gasteiger partial charge is 0.307 e. The number of carbonyl (C=O) groups excluding carboxylic acids is 1. The van der Waals surface area contributed by atoms with Gasteiger partial charge in [-0.3, -0.25) is 14.9 Å². The molecule has 0 aliphatic carbocycles. The lowest BCUT2D eigenvalue weighted by molar-refractivity contribution is -0.136. The Balaban J connectivity index is 1.95. The second kappa shape index (κ2) is 8.93. The number of ether oxygens (including phenoxy) is 1. The molecule has 1 amide bonds. The summed E-state index contributed by atoms with van der Waals surface area (Å²) in [4.78, 5) is 27.4. The fourth-order valence-corrected chi connectivity index (χ4v) is 3.54. The van der Waals surface area contributed by atoms with Crippen LogP contribution in [0.1, 0.15) is 63.8 Å². The van der Waals surface area contributed by atoms with Gasteiger partial charge in [0.25, 0.3) is 5.91 Å². The molecule has 8 heteroatoms. The third kappa shape index (κ3) is 5.62. The number of hydrogen-bond acceptors (Lipinski definition) is 5. The number of aliphatic imine (C=N–C) groups is 1. The Morgan fingerprint density at radius 2 is 1.68 bits per heavy atom. The van der Waals surface area contributed by atoms with Crippen LogP contribution in [0.15, 0.2) is 41.1 Å². The summed E-state index contributed by atoms with van der Waals surface area (Å²) in [6, 6.07) is 7.37. The summed E-state index contributed by atoms with van der Waals surface area (Å²) >= 11 is 0. The van der Waals surface area contributed by atoms with Gasteiger partial charge in [0.2, 0.25) is 0 Å². The Bertz CT molecular complexity index is 1180. The van der Waals surface area contributed by atoms with Gasteiger partial charge in [-0.05, 0) is 52.3 Å². The molecule has 1 fully saturated rings. The molecule has 34 heavy (non-hydrogen) atoms. The minimum atomic E-state index is -1.14. The number of aliphatic carboxylic acids is 1. The Labute approximate surface area is 198 Å². The number of nitrogens with one attached hydrogen (secondary N) is 1. The largest absolute Gasteiger partial charge is 0.507 e. The number of halogens is 1. The van der Waals surface area contributed by atoms with Crippen molar-refractivity contribution in [2.24, 2.45) is 4.99 Å².